The van der Waals surface area contributed by atoms with E-state index in [1.807, 2.05) is 18.2 Å². The molecule has 124 valence electrons. The number of carbonyl (C=O) groups is 2. The van der Waals surface area contributed by atoms with E-state index in [0.29, 0.717) is 17.0 Å². The second kappa shape index (κ2) is 8.31. The van der Waals surface area contributed by atoms with E-state index in [1.54, 1.807) is 37.5 Å². The highest BCUT2D eigenvalue weighted by Gasteiger charge is 2.07. The van der Waals surface area contributed by atoms with Crippen LogP contribution in [0.2, 0.25) is 0 Å². The SMILES string of the molecule is COC(=O)c1cccc(NC(=O)C=Cc2cc(Br)ccc2OC)c1. The fourth-order valence-electron chi connectivity index (χ4n) is 2.03. The summed E-state index contributed by atoms with van der Waals surface area (Å²) >= 11 is 3.38. The molecule has 0 fully saturated rings. The molecule has 1 N–H and O–H groups in total. The van der Waals surface area contributed by atoms with Gasteiger partial charge in [-0.05, 0) is 42.5 Å². The van der Waals surface area contributed by atoms with Crippen LogP contribution in [0.4, 0.5) is 5.69 Å². The Morgan fingerprint density at radius 1 is 1.12 bits per heavy atom. The summed E-state index contributed by atoms with van der Waals surface area (Å²) in [6.45, 7) is 0. The summed E-state index contributed by atoms with van der Waals surface area (Å²) in [5.74, 6) is -0.116. The van der Waals surface area contributed by atoms with E-state index >= 15 is 0 Å². The van der Waals surface area contributed by atoms with E-state index in [-0.39, 0.29) is 5.91 Å². The molecule has 2 aromatic carbocycles. The minimum atomic E-state index is -0.458. The zero-order valence-electron chi connectivity index (χ0n) is 13.2. The summed E-state index contributed by atoms with van der Waals surface area (Å²) in [4.78, 5) is 23.6. The number of esters is 1. The first kappa shape index (κ1) is 17.7. The van der Waals surface area contributed by atoms with Crippen molar-refractivity contribution in [3.63, 3.8) is 0 Å². The Hall–Kier alpha value is -2.60. The van der Waals surface area contributed by atoms with E-state index in [9.17, 15) is 9.59 Å². The van der Waals surface area contributed by atoms with Crippen LogP contribution in [0.25, 0.3) is 6.08 Å². The maximum absolute atomic E-state index is 12.1. The van der Waals surface area contributed by atoms with Gasteiger partial charge in [-0.15, -0.1) is 0 Å². The Labute approximate surface area is 148 Å². The molecule has 0 spiro atoms. The molecular weight excluding hydrogens is 374 g/mol. The third kappa shape index (κ3) is 4.70. The molecule has 0 saturated heterocycles. The standard InChI is InChI=1S/C18H16BrNO4/c1-23-16-8-7-14(19)10-12(16)6-9-17(21)20-15-5-3-4-13(11-15)18(22)24-2/h3-11H,1-2H3,(H,20,21). The van der Waals surface area contributed by atoms with Gasteiger partial charge in [0.15, 0.2) is 0 Å². The number of nitrogens with one attached hydrogen (secondary N) is 1. The van der Waals surface area contributed by atoms with E-state index in [1.165, 1.54) is 13.2 Å². The highest BCUT2D eigenvalue weighted by Crippen LogP contribution is 2.24. The summed E-state index contributed by atoms with van der Waals surface area (Å²) < 4.78 is 10.8. The quantitative estimate of drug-likeness (QED) is 0.622. The lowest BCUT2D eigenvalue weighted by atomic mass is 10.2. The molecule has 6 heteroatoms. The third-order valence-corrected chi connectivity index (χ3v) is 3.65. The maximum atomic E-state index is 12.1. The number of halogens is 1. The van der Waals surface area contributed by atoms with Crippen LogP contribution in [0.1, 0.15) is 15.9 Å². The molecule has 0 saturated carbocycles. The van der Waals surface area contributed by atoms with Crippen molar-refractivity contribution in [2.45, 2.75) is 0 Å². The monoisotopic (exact) mass is 389 g/mol. The maximum Gasteiger partial charge on any atom is 0.337 e. The molecule has 2 rings (SSSR count). The Balaban J connectivity index is 2.11. The number of anilines is 1. The van der Waals surface area contributed by atoms with E-state index < -0.39 is 5.97 Å². The van der Waals surface area contributed by atoms with Gasteiger partial charge in [0.1, 0.15) is 5.75 Å². The van der Waals surface area contributed by atoms with Crippen LogP contribution in [0.15, 0.2) is 53.0 Å². The van der Waals surface area contributed by atoms with E-state index in [0.717, 1.165) is 10.0 Å². The zero-order valence-corrected chi connectivity index (χ0v) is 14.8. The minimum absolute atomic E-state index is 0.320. The second-order valence-electron chi connectivity index (χ2n) is 4.78. The Kier molecular flexibility index (Phi) is 6.14. The molecule has 1 amide bonds. The number of hydrogen-bond donors (Lipinski definition) is 1. The summed E-state index contributed by atoms with van der Waals surface area (Å²) in [6.07, 6.45) is 3.05. The minimum Gasteiger partial charge on any atom is -0.496 e. The average molecular weight is 390 g/mol. The van der Waals surface area contributed by atoms with Gasteiger partial charge in [-0.1, -0.05) is 22.0 Å². The van der Waals surface area contributed by atoms with Crippen molar-refractivity contribution < 1.29 is 19.1 Å². The van der Waals surface area contributed by atoms with Crippen molar-refractivity contribution >= 4 is 39.6 Å². The molecule has 0 bridgehead atoms. The highest BCUT2D eigenvalue weighted by molar-refractivity contribution is 9.10. The number of amides is 1. The van der Waals surface area contributed by atoms with Crippen molar-refractivity contribution in [3.8, 4) is 5.75 Å². The topological polar surface area (TPSA) is 64.6 Å². The van der Waals surface area contributed by atoms with Gasteiger partial charge < -0.3 is 14.8 Å². The van der Waals surface area contributed by atoms with Crippen molar-refractivity contribution in [3.05, 3.63) is 64.1 Å². The lowest BCUT2D eigenvalue weighted by molar-refractivity contribution is -0.111. The van der Waals surface area contributed by atoms with E-state index in [4.69, 9.17) is 4.74 Å². The Morgan fingerprint density at radius 3 is 2.62 bits per heavy atom. The predicted octanol–water partition coefficient (Wildman–Crippen LogP) is 3.90. The van der Waals surface area contributed by atoms with Gasteiger partial charge in [0, 0.05) is 21.8 Å². The summed E-state index contributed by atoms with van der Waals surface area (Å²) in [6, 6.07) is 12.0. The number of carbonyl (C=O) groups excluding carboxylic acids is 2. The zero-order chi connectivity index (χ0) is 17.5. The molecule has 0 unspecified atom stereocenters. The molecule has 2 aromatic rings. The molecule has 0 aliphatic heterocycles. The molecule has 24 heavy (non-hydrogen) atoms. The number of hydrogen-bond acceptors (Lipinski definition) is 4. The van der Waals surface area contributed by atoms with Gasteiger partial charge in [0.25, 0.3) is 0 Å². The van der Waals surface area contributed by atoms with Crippen molar-refractivity contribution in [1.29, 1.82) is 0 Å². The first-order chi connectivity index (χ1) is 11.5. The van der Waals surface area contributed by atoms with Crippen LogP contribution >= 0.6 is 15.9 Å². The first-order valence-corrected chi connectivity index (χ1v) is 7.84. The Morgan fingerprint density at radius 2 is 1.92 bits per heavy atom. The molecule has 0 heterocycles. The fourth-order valence-corrected chi connectivity index (χ4v) is 2.41. The first-order valence-electron chi connectivity index (χ1n) is 7.04. The van der Waals surface area contributed by atoms with Crippen molar-refractivity contribution in [2.75, 3.05) is 19.5 Å². The van der Waals surface area contributed by atoms with Gasteiger partial charge in [-0.3, -0.25) is 4.79 Å². The lowest BCUT2D eigenvalue weighted by Crippen LogP contribution is -2.09. The number of methoxy groups -OCH3 is 2. The normalized spacial score (nSPS) is 10.5. The van der Waals surface area contributed by atoms with Crippen LogP contribution in [0.3, 0.4) is 0 Å². The summed E-state index contributed by atoms with van der Waals surface area (Å²) in [7, 11) is 2.88. The number of ether oxygens (including phenoxy) is 2. The van der Waals surface area contributed by atoms with Crippen LogP contribution in [0.5, 0.6) is 5.75 Å². The molecule has 0 radical (unpaired) electrons. The fraction of sp³-hybridized carbons (Fsp3) is 0.111. The van der Waals surface area contributed by atoms with E-state index in [2.05, 4.69) is 26.0 Å². The molecule has 0 aliphatic rings. The molecule has 0 aliphatic carbocycles. The molecule has 0 aromatic heterocycles. The molecular formula is C18H16BrNO4. The second-order valence-corrected chi connectivity index (χ2v) is 5.70. The van der Waals surface area contributed by atoms with Crippen molar-refractivity contribution in [1.82, 2.24) is 0 Å². The number of rotatable bonds is 5. The van der Waals surface area contributed by atoms with Gasteiger partial charge in [-0.2, -0.15) is 0 Å². The van der Waals surface area contributed by atoms with Gasteiger partial charge in [0.2, 0.25) is 5.91 Å². The smallest absolute Gasteiger partial charge is 0.337 e. The Bertz CT molecular complexity index is 786. The van der Waals surface area contributed by atoms with Crippen LogP contribution in [-0.4, -0.2) is 26.1 Å². The summed E-state index contributed by atoms with van der Waals surface area (Å²) in [5.41, 5.74) is 1.65. The lowest BCUT2D eigenvalue weighted by Gasteiger charge is -2.06. The number of benzene rings is 2. The van der Waals surface area contributed by atoms with Crippen LogP contribution in [-0.2, 0) is 9.53 Å². The largest absolute Gasteiger partial charge is 0.496 e. The van der Waals surface area contributed by atoms with Crippen LogP contribution < -0.4 is 10.1 Å². The average Bonchev–Trinajstić information content (AvgIpc) is 2.59. The summed E-state index contributed by atoms with van der Waals surface area (Å²) in [5, 5.41) is 2.70. The van der Waals surface area contributed by atoms with Gasteiger partial charge in [-0.25, -0.2) is 4.79 Å². The highest BCUT2D eigenvalue weighted by atomic mass is 79.9. The molecule has 0 atom stereocenters. The van der Waals surface area contributed by atoms with Gasteiger partial charge >= 0.3 is 5.97 Å². The van der Waals surface area contributed by atoms with Gasteiger partial charge in [0.05, 0.1) is 19.8 Å². The predicted molar refractivity (Wildman–Crippen MR) is 96.1 cm³/mol. The molecule has 5 nitrogen and oxygen atoms in total. The van der Waals surface area contributed by atoms with Crippen LogP contribution in [0, 0.1) is 0 Å². The van der Waals surface area contributed by atoms with Crippen molar-refractivity contribution in [2.24, 2.45) is 0 Å². The third-order valence-electron chi connectivity index (χ3n) is 3.16.